The normalized spacial score (nSPS) is 11.7. The zero-order chi connectivity index (χ0) is 26.0. The molecule has 1 aromatic carbocycles. The number of hydrogen-bond donors (Lipinski definition) is 1. The SMILES string of the molecule is Cc1cccc(Oc2cnc3c(c2Cc2ccc(C(F)(F)F)nc2)c(=O)n(CCCO)c(=O)n3C)c1. The molecule has 0 atom stereocenters. The summed E-state index contributed by atoms with van der Waals surface area (Å²) in [7, 11) is 1.47. The Kier molecular flexibility index (Phi) is 6.93. The third kappa shape index (κ3) is 5.01. The second kappa shape index (κ2) is 9.94. The molecule has 0 saturated heterocycles. The lowest BCUT2D eigenvalue weighted by atomic mass is 10.0. The van der Waals surface area contributed by atoms with Crippen LogP contribution in [0.1, 0.15) is 28.8 Å². The number of nitrogens with zero attached hydrogens (tertiary/aromatic N) is 4. The van der Waals surface area contributed by atoms with E-state index in [-0.39, 0.29) is 42.8 Å². The van der Waals surface area contributed by atoms with Crippen LogP contribution in [-0.2, 0) is 26.2 Å². The number of alkyl halides is 3. The predicted molar refractivity (Wildman–Crippen MR) is 126 cm³/mol. The first-order valence-corrected chi connectivity index (χ1v) is 11.1. The first-order chi connectivity index (χ1) is 17.1. The van der Waals surface area contributed by atoms with Gasteiger partial charge in [-0.05, 0) is 42.7 Å². The van der Waals surface area contributed by atoms with Crippen molar-refractivity contribution in [1.29, 1.82) is 0 Å². The van der Waals surface area contributed by atoms with Crippen LogP contribution in [0.2, 0.25) is 0 Å². The highest BCUT2D eigenvalue weighted by Gasteiger charge is 2.32. The third-order valence-corrected chi connectivity index (χ3v) is 5.67. The number of pyridine rings is 2. The summed E-state index contributed by atoms with van der Waals surface area (Å²) in [6.07, 6.45) is -1.92. The average Bonchev–Trinajstić information content (AvgIpc) is 2.83. The lowest BCUT2D eigenvalue weighted by Crippen LogP contribution is -2.40. The minimum absolute atomic E-state index is 0.00124. The van der Waals surface area contributed by atoms with E-state index in [1.165, 1.54) is 23.9 Å². The predicted octanol–water partition coefficient (Wildman–Crippen LogP) is 3.58. The number of aryl methyl sites for hydroxylation is 2. The second-order valence-corrected chi connectivity index (χ2v) is 8.32. The van der Waals surface area contributed by atoms with Crippen molar-refractivity contribution < 1.29 is 23.0 Å². The highest BCUT2D eigenvalue weighted by Crippen LogP contribution is 2.32. The van der Waals surface area contributed by atoms with Crippen molar-refractivity contribution in [2.75, 3.05) is 6.61 Å². The van der Waals surface area contributed by atoms with Crippen molar-refractivity contribution in [3.05, 3.63) is 92.0 Å². The molecule has 11 heteroatoms. The van der Waals surface area contributed by atoms with Crippen LogP contribution >= 0.6 is 0 Å². The Balaban J connectivity index is 1.93. The van der Waals surface area contributed by atoms with Gasteiger partial charge in [-0.3, -0.25) is 18.9 Å². The van der Waals surface area contributed by atoms with Gasteiger partial charge in [0.05, 0.1) is 11.6 Å². The molecule has 0 fully saturated rings. The fraction of sp³-hybridized carbons (Fsp3) is 0.280. The number of aromatic nitrogens is 4. The molecule has 3 heterocycles. The Morgan fingerprint density at radius 1 is 1.08 bits per heavy atom. The molecule has 0 amide bonds. The number of rotatable bonds is 7. The molecule has 188 valence electrons. The van der Waals surface area contributed by atoms with Crippen LogP contribution < -0.4 is 16.0 Å². The minimum atomic E-state index is -4.58. The summed E-state index contributed by atoms with van der Waals surface area (Å²) in [4.78, 5) is 34.1. The van der Waals surface area contributed by atoms with Gasteiger partial charge in [-0.25, -0.2) is 9.78 Å². The summed E-state index contributed by atoms with van der Waals surface area (Å²) in [6.45, 7) is 1.66. The highest BCUT2D eigenvalue weighted by molar-refractivity contribution is 5.81. The van der Waals surface area contributed by atoms with Crippen molar-refractivity contribution in [2.24, 2.45) is 7.05 Å². The second-order valence-electron chi connectivity index (χ2n) is 8.32. The quantitative estimate of drug-likeness (QED) is 0.417. The van der Waals surface area contributed by atoms with E-state index in [0.29, 0.717) is 16.9 Å². The van der Waals surface area contributed by atoms with Crippen molar-refractivity contribution >= 4 is 11.0 Å². The molecule has 36 heavy (non-hydrogen) atoms. The molecule has 4 aromatic rings. The molecule has 0 spiro atoms. The van der Waals surface area contributed by atoms with Crippen molar-refractivity contribution in [3.8, 4) is 11.5 Å². The Morgan fingerprint density at radius 3 is 2.50 bits per heavy atom. The Hall–Kier alpha value is -3.99. The summed E-state index contributed by atoms with van der Waals surface area (Å²) in [5.41, 5.74) is -0.459. The van der Waals surface area contributed by atoms with Gasteiger partial charge in [0, 0.05) is 38.4 Å². The Bertz CT molecular complexity index is 1530. The highest BCUT2D eigenvalue weighted by atomic mass is 19.4. The number of hydrogen-bond acceptors (Lipinski definition) is 6. The van der Waals surface area contributed by atoms with Crippen LogP contribution in [0.5, 0.6) is 11.5 Å². The van der Waals surface area contributed by atoms with Gasteiger partial charge in [0.2, 0.25) is 0 Å². The molecule has 0 radical (unpaired) electrons. The summed E-state index contributed by atoms with van der Waals surface area (Å²) < 4.78 is 47.3. The van der Waals surface area contributed by atoms with Crippen LogP contribution in [0.4, 0.5) is 13.2 Å². The fourth-order valence-electron chi connectivity index (χ4n) is 3.89. The van der Waals surface area contributed by atoms with E-state index in [1.54, 1.807) is 18.2 Å². The lowest BCUT2D eigenvalue weighted by Gasteiger charge is -2.16. The maximum absolute atomic E-state index is 13.5. The minimum Gasteiger partial charge on any atom is -0.455 e. The van der Waals surface area contributed by atoms with E-state index in [0.717, 1.165) is 22.4 Å². The van der Waals surface area contributed by atoms with Gasteiger partial charge >= 0.3 is 11.9 Å². The molecule has 0 saturated carbocycles. The number of aliphatic hydroxyl groups excluding tert-OH is 1. The maximum Gasteiger partial charge on any atom is 0.433 e. The Morgan fingerprint density at radius 2 is 1.86 bits per heavy atom. The van der Waals surface area contributed by atoms with E-state index >= 15 is 0 Å². The van der Waals surface area contributed by atoms with Crippen LogP contribution in [0.25, 0.3) is 11.0 Å². The maximum atomic E-state index is 13.5. The summed E-state index contributed by atoms with van der Waals surface area (Å²) in [5.74, 6) is 0.700. The van der Waals surface area contributed by atoms with Gasteiger partial charge < -0.3 is 9.84 Å². The average molecular weight is 500 g/mol. The number of ether oxygens (including phenoxy) is 1. The largest absolute Gasteiger partial charge is 0.455 e. The molecule has 0 aliphatic heterocycles. The molecule has 8 nitrogen and oxygen atoms in total. The Labute approximate surface area is 203 Å². The molecule has 4 rings (SSSR count). The fourth-order valence-corrected chi connectivity index (χ4v) is 3.89. The van der Waals surface area contributed by atoms with Gasteiger partial charge in [-0.1, -0.05) is 18.2 Å². The number of benzene rings is 1. The summed E-state index contributed by atoms with van der Waals surface area (Å²) >= 11 is 0. The topological polar surface area (TPSA) is 99.2 Å². The van der Waals surface area contributed by atoms with Crippen molar-refractivity contribution in [2.45, 2.75) is 32.5 Å². The van der Waals surface area contributed by atoms with E-state index in [1.807, 2.05) is 13.0 Å². The third-order valence-electron chi connectivity index (χ3n) is 5.67. The molecule has 0 unspecified atom stereocenters. The smallest absolute Gasteiger partial charge is 0.433 e. The molecular weight excluding hydrogens is 477 g/mol. The molecular formula is C25H23F3N4O4. The molecule has 3 aromatic heterocycles. The zero-order valence-electron chi connectivity index (χ0n) is 19.5. The first-order valence-electron chi connectivity index (χ1n) is 11.1. The van der Waals surface area contributed by atoms with E-state index in [2.05, 4.69) is 9.97 Å². The number of halogens is 3. The van der Waals surface area contributed by atoms with Crippen LogP contribution in [0.3, 0.4) is 0 Å². The standard InChI is InChI=1S/C25H23F3N4O4/c1-15-5-3-6-17(11-15)36-19-14-30-22-21(23(34)32(9-4-10-33)24(35)31(22)2)18(19)12-16-7-8-20(29-13-16)25(26,27)28/h3,5-8,11,13-14,33H,4,9-10,12H2,1-2H3. The molecule has 0 bridgehead atoms. The summed E-state index contributed by atoms with van der Waals surface area (Å²) in [6, 6.07) is 9.34. The first kappa shape index (κ1) is 25.1. The van der Waals surface area contributed by atoms with Crippen molar-refractivity contribution in [3.63, 3.8) is 0 Å². The monoisotopic (exact) mass is 500 g/mol. The van der Waals surface area contributed by atoms with Crippen LogP contribution in [-0.4, -0.2) is 30.8 Å². The van der Waals surface area contributed by atoms with Gasteiger partial charge in [-0.2, -0.15) is 13.2 Å². The van der Waals surface area contributed by atoms with E-state index in [9.17, 15) is 27.9 Å². The molecule has 0 aliphatic carbocycles. The number of fused-ring (bicyclic) bond motifs is 1. The molecule has 1 N–H and O–H groups in total. The lowest BCUT2D eigenvalue weighted by molar-refractivity contribution is -0.141. The van der Waals surface area contributed by atoms with Crippen LogP contribution in [0, 0.1) is 6.92 Å². The summed E-state index contributed by atoms with van der Waals surface area (Å²) in [5, 5.41) is 9.31. The van der Waals surface area contributed by atoms with E-state index in [4.69, 9.17) is 4.74 Å². The van der Waals surface area contributed by atoms with Gasteiger partial charge in [0.15, 0.2) is 0 Å². The zero-order valence-corrected chi connectivity index (χ0v) is 19.5. The van der Waals surface area contributed by atoms with Crippen LogP contribution in [0.15, 0.2) is 58.4 Å². The molecule has 0 aliphatic rings. The van der Waals surface area contributed by atoms with Gasteiger partial charge in [-0.15, -0.1) is 0 Å². The van der Waals surface area contributed by atoms with Gasteiger partial charge in [0.1, 0.15) is 22.8 Å². The number of aliphatic hydroxyl groups is 1. The van der Waals surface area contributed by atoms with Crippen molar-refractivity contribution in [1.82, 2.24) is 19.1 Å². The van der Waals surface area contributed by atoms with Gasteiger partial charge in [0.25, 0.3) is 5.56 Å². The van der Waals surface area contributed by atoms with E-state index < -0.39 is 23.1 Å².